The van der Waals surface area contributed by atoms with E-state index < -0.39 is 0 Å². The number of fused-ring (bicyclic) bond motifs is 1. The van der Waals surface area contributed by atoms with Crippen LogP contribution in [0.4, 0.5) is 5.82 Å². The highest BCUT2D eigenvalue weighted by molar-refractivity contribution is 5.69. The van der Waals surface area contributed by atoms with Crippen molar-refractivity contribution >= 4 is 11.3 Å². The minimum Gasteiger partial charge on any atom is -0.355 e. The summed E-state index contributed by atoms with van der Waals surface area (Å²) in [5, 5.41) is 4.39. The normalized spacial score (nSPS) is 12.9. The highest BCUT2D eigenvalue weighted by Gasteiger charge is 2.14. The first kappa shape index (κ1) is 11.9. The highest BCUT2D eigenvalue weighted by atomic mass is 15.3. The Labute approximate surface area is 101 Å². The lowest BCUT2D eigenvalue weighted by atomic mass is 10.2. The van der Waals surface area contributed by atoms with Crippen molar-refractivity contribution in [1.29, 1.82) is 0 Å². The van der Waals surface area contributed by atoms with Gasteiger partial charge in [0.15, 0.2) is 5.82 Å². The lowest BCUT2D eigenvalue weighted by molar-refractivity contribution is 0.630. The Hall–Kier alpha value is -1.62. The third-order valence-corrected chi connectivity index (χ3v) is 3.07. The zero-order valence-electron chi connectivity index (χ0n) is 10.6. The van der Waals surface area contributed by atoms with Gasteiger partial charge in [-0.25, -0.2) is 9.50 Å². The highest BCUT2D eigenvalue weighted by Crippen LogP contribution is 2.20. The van der Waals surface area contributed by atoms with Crippen LogP contribution in [0, 0.1) is 6.92 Å². The first-order valence-electron chi connectivity index (χ1n) is 5.87. The molecule has 0 bridgehead atoms. The van der Waals surface area contributed by atoms with E-state index >= 15 is 0 Å². The summed E-state index contributed by atoms with van der Waals surface area (Å²) in [6, 6.07) is 2.42. The van der Waals surface area contributed by atoms with Crippen LogP contribution in [0.25, 0.3) is 5.52 Å². The number of nitrogens with zero attached hydrogens (tertiary/aromatic N) is 4. The molecule has 0 radical (unpaired) electrons. The lowest BCUT2D eigenvalue weighted by Crippen LogP contribution is -2.31. The maximum Gasteiger partial charge on any atom is 0.154 e. The summed E-state index contributed by atoms with van der Waals surface area (Å²) in [5.41, 5.74) is 7.63. The zero-order valence-corrected chi connectivity index (χ0v) is 10.6. The maximum absolute atomic E-state index is 5.60. The number of rotatable bonds is 4. The van der Waals surface area contributed by atoms with Crippen molar-refractivity contribution < 1.29 is 0 Å². The Bertz CT molecular complexity index is 505. The van der Waals surface area contributed by atoms with Crippen molar-refractivity contribution in [3.8, 4) is 0 Å². The Morgan fingerprint density at radius 1 is 1.53 bits per heavy atom. The Kier molecular flexibility index (Phi) is 3.28. The molecule has 0 aliphatic rings. The van der Waals surface area contributed by atoms with Gasteiger partial charge in [-0.05, 0) is 32.9 Å². The van der Waals surface area contributed by atoms with E-state index in [-0.39, 0.29) is 0 Å². The van der Waals surface area contributed by atoms with Crippen LogP contribution < -0.4 is 10.6 Å². The molecule has 0 aromatic carbocycles. The predicted molar refractivity (Wildman–Crippen MR) is 69.3 cm³/mol. The second-order valence-corrected chi connectivity index (χ2v) is 4.40. The summed E-state index contributed by atoms with van der Waals surface area (Å²) in [6.07, 6.45) is 4.60. The van der Waals surface area contributed by atoms with Crippen molar-refractivity contribution in [3.05, 3.63) is 24.2 Å². The van der Waals surface area contributed by atoms with E-state index in [2.05, 4.69) is 21.9 Å². The molecule has 2 N–H and O–H groups in total. The topological polar surface area (TPSA) is 59.5 Å². The molecular weight excluding hydrogens is 214 g/mol. The third-order valence-electron chi connectivity index (χ3n) is 3.07. The van der Waals surface area contributed by atoms with Crippen LogP contribution in [-0.4, -0.2) is 34.2 Å². The fourth-order valence-electron chi connectivity index (χ4n) is 1.95. The number of nitrogens with two attached hydrogens (primary N) is 1. The van der Waals surface area contributed by atoms with E-state index in [1.807, 2.05) is 30.8 Å². The van der Waals surface area contributed by atoms with Crippen molar-refractivity contribution in [2.75, 3.05) is 18.5 Å². The van der Waals surface area contributed by atoms with Crippen molar-refractivity contribution in [3.63, 3.8) is 0 Å². The molecule has 0 spiro atoms. The SMILES string of the molecule is Cc1cc2c(N(C)C(C)CCN)nccn2n1. The molecule has 5 heteroatoms. The molecule has 0 amide bonds. The van der Waals surface area contributed by atoms with E-state index in [9.17, 15) is 0 Å². The molecule has 1 unspecified atom stereocenters. The van der Waals surface area contributed by atoms with Crippen LogP contribution in [0.15, 0.2) is 18.5 Å². The molecule has 0 aliphatic carbocycles. The van der Waals surface area contributed by atoms with Crippen LogP contribution >= 0.6 is 0 Å². The third kappa shape index (κ3) is 2.24. The van der Waals surface area contributed by atoms with Crippen LogP contribution in [-0.2, 0) is 0 Å². The number of aryl methyl sites for hydroxylation is 1. The van der Waals surface area contributed by atoms with Gasteiger partial charge < -0.3 is 10.6 Å². The van der Waals surface area contributed by atoms with E-state index in [0.29, 0.717) is 12.6 Å². The fourth-order valence-corrected chi connectivity index (χ4v) is 1.95. The van der Waals surface area contributed by atoms with Gasteiger partial charge in [0.25, 0.3) is 0 Å². The molecule has 0 saturated carbocycles. The predicted octanol–water partition coefficient (Wildman–Crippen LogP) is 1.21. The lowest BCUT2D eigenvalue weighted by Gasteiger charge is -2.25. The fraction of sp³-hybridized carbons (Fsp3) is 0.500. The van der Waals surface area contributed by atoms with Crippen LogP contribution in [0.2, 0.25) is 0 Å². The Balaban J connectivity index is 2.40. The maximum atomic E-state index is 5.60. The average molecular weight is 233 g/mol. The molecule has 2 aromatic rings. The minimum atomic E-state index is 0.369. The van der Waals surface area contributed by atoms with Gasteiger partial charge in [0.05, 0.1) is 5.69 Å². The first-order chi connectivity index (χ1) is 8.13. The first-order valence-corrected chi connectivity index (χ1v) is 5.87. The number of hydrogen-bond acceptors (Lipinski definition) is 4. The van der Waals surface area contributed by atoms with E-state index in [0.717, 1.165) is 23.4 Å². The van der Waals surface area contributed by atoms with Gasteiger partial charge in [0.2, 0.25) is 0 Å². The summed E-state index contributed by atoms with van der Waals surface area (Å²) in [5.74, 6) is 0.953. The molecule has 1 atom stereocenters. The van der Waals surface area contributed by atoms with Gasteiger partial charge in [0.1, 0.15) is 5.52 Å². The molecule has 92 valence electrons. The van der Waals surface area contributed by atoms with Gasteiger partial charge in [-0.1, -0.05) is 0 Å². The summed E-state index contributed by atoms with van der Waals surface area (Å²) in [7, 11) is 2.05. The van der Waals surface area contributed by atoms with Gasteiger partial charge in [-0.15, -0.1) is 0 Å². The van der Waals surface area contributed by atoms with Gasteiger partial charge in [0, 0.05) is 25.5 Å². The minimum absolute atomic E-state index is 0.369. The molecule has 0 aliphatic heterocycles. The Morgan fingerprint density at radius 2 is 2.29 bits per heavy atom. The number of anilines is 1. The summed E-state index contributed by atoms with van der Waals surface area (Å²) in [4.78, 5) is 6.60. The van der Waals surface area contributed by atoms with Gasteiger partial charge >= 0.3 is 0 Å². The van der Waals surface area contributed by atoms with Crippen LogP contribution in [0.5, 0.6) is 0 Å². The van der Waals surface area contributed by atoms with Crippen LogP contribution in [0.3, 0.4) is 0 Å². The quantitative estimate of drug-likeness (QED) is 0.862. The molecule has 2 heterocycles. The van der Waals surface area contributed by atoms with Crippen molar-refractivity contribution in [1.82, 2.24) is 14.6 Å². The molecule has 2 aromatic heterocycles. The van der Waals surface area contributed by atoms with Crippen LogP contribution in [0.1, 0.15) is 19.0 Å². The largest absolute Gasteiger partial charge is 0.355 e. The van der Waals surface area contributed by atoms with Crippen molar-refractivity contribution in [2.24, 2.45) is 5.73 Å². The van der Waals surface area contributed by atoms with E-state index in [1.54, 1.807) is 6.20 Å². The monoisotopic (exact) mass is 233 g/mol. The average Bonchev–Trinajstić information content (AvgIpc) is 2.68. The van der Waals surface area contributed by atoms with E-state index in [1.165, 1.54) is 0 Å². The Morgan fingerprint density at radius 3 is 3.00 bits per heavy atom. The smallest absolute Gasteiger partial charge is 0.154 e. The molecule has 2 rings (SSSR count). The summed E-state index contributed by atoms with van der Waals surface area (Å²) in [6.45, 7) is 4.83. The second-order valence-electron chi connectivity index (χ2n) is 4.40. The molecule has 5 nitrogen and oxygen atoms in total. The second kappa shape index (κ2) is 4.71. The molecule has 0 fully saturated rings. The zero-order chi connectivity index (χ0) is 12.4. The summed E-state index contributed by atoms with van der Waals surface area (Å²) >= 11 is 0. The van der Waals surface area contributed by atoms with Gasteiger partial charge in [-0.2, -0.15) is 5.10 Å². The van der Waals surface area contributed by atoms with Gasteiger partial charge in [-0.3, -0.25) is 0 Å². The summed E-state index contributed by atoms with van der Waals surface area (Å²) < 4.78 is 1.86. The number of hydrogen-bond donors (Lipinski definition) is 1. The molecule has 17 heavy (non-hydrogen) atoms. The van der Waals surface area contributed by atoms with E-state index in [4.69, 9.17) is 5.73 Å². The standard InChI is InChI=1S/C12H19N5/c1-9-8-11-12(14-6-7-17(11)15-9)16(3)10(2)4-5-13/h6-8,10H,4-5,13H2,1-3H3. The molecule has 0 saturated heterocycles. The number of aromatic nitrogens is 3. The molecular formula is C12H19N5. The van der Waals surface area contributed by atoms with Crippen molar-refractivity contribution in [2.45, 2.75) is 26.3 Å².